The van der Waals surface area contributed by atoms with Crippen LogP contribution in [0, 0.1) is 0 Å². The van der Waals surface area contributed by atoms with Crippen LogP contribution in [-0.4, -0.2) is 39.8 Å². The summed E-state index contributed by atoms with van der Waals surface area (Å²) in [6, 6.07) is 13.1. The predicted octanol–water partition coefficient (Wildman–Crippen LogP) is 2.44. The number of benzene rings is 2. The molecule has 0 aliphatic rings. The van der Waals surface area contributed by atoms with Gasteiger partial charge in [0.25, 0.3) is 5.91 Å². The molecule has 0 aliphatic heterocycles. The lowest BCUT2D eigenvalue weighted by Crippen LogP contribution is -2.27. The van der Waals surface area contributed by atoms with E-state index in [4.69, 9.17) is 4.74 Å². The van der Waals surface area contributed by atoms with Gasteiger partial charge >= 0.3 is 0 Å². The van der Waals surface area contributed by atoms with Gasteiger partial charge in [0.2, 0.25) is 10.0 Å². The van der Waals surface area contributed by atoms with Crippen molar-refractivity contribution >= 4 is 15.9 Å². The molecule has 0 saturated heterocycles. The Bertz CT molecular complexity index is 863. The van der Waals surface area contributed by atoms with Gasteiger partial charge in [-0.3, -0.25) is 4.79 Å². The van der Waals surface area contributed by atoms with Gasteiger partial charge in [0.15, 0.2) is 0 Å². The maximum Gasteiger partial charge on any atom is 0.251 e. The van der Waals surface area contributed by atoms with Gasteiger partial charge in [-0.1, -0.05) is 24.3 Å². The molecule has 0 radical (unpaired) electrons. The second kappa shape index (κ2) is 7.67. The summed E-state index contributed by atoms with van der Waals surface area (Å²) in [4.78, 5) is 12.6. The van der Waals surface area contributed by atoms with Gasteiger partial charge in [-0.15, -0.1) is 0 Å². The predicted molar refractivity (Wildman–Crippen MR) is 96.2 cm³/mol. The largest absolute Gasteiger partial charge is 0.496 e. The molecule has 0 aliphatic carbocycles. The molecule has 2 aromatic rings. The highest BCUT2D eigenvalue weighted by atomic mass is 32.2. The first kappa shape index (κ1) is 19.0. The molecule has 0 aromatic heterocycles. The molecule has 1 amide bonds. The van der Waals surface area contributed by atoms with Crippen molar-refractivity contribution in [3.8, 4) is 5.75 Å². The zero-order valence-electron chi connectivity index (χ0n) is 14.7. The van der Waals surface area contributed by atoms with Crippen molar-refractivity contribution in [3.05, 3.63) is 59.7 Å². The van der Waals surface area contributed by atoms with E-state index in [2.05, 4.69) is 5.32 Å². The van der Waals surface area contributed by atoms with Gasteiger partial charge in [0.05, 0.1) is 18.0 Å². The molecular formula is C18H22N2O4S. The van der Waals surface area contributed by atoms with E-state index in [1.165, 1.54) is 26.2 Å². The zero-order valence-corrected chi connectivity index (χ0v) is 15.5. The smallest absolute Gasteiger partial charge is 0.251 e. The molecule has 0 spiro atoms. The second-order valence-electron chi connectivity index (χ2n) is 5.75. The SMILES string of the molecule is COc1ccccc1[C@@H](C)NC(=O)c1cccc(S(=O)(=O)N(C)C)c1. The van der Waals surface area contributed by atoms with Crippen molar-refractivity contribution in [2.45, 2.75) is 17.9 Å². The standard InChI is InChI=1S/C18H22N2O4S/c1-13(16-10-5-6-11-17(16)24-4)19-18(21)14-8-7-9-15(12-14)25(22,23)20(2)3/h5-13H,1-4H3,(H,19,21)/t13-/m1/s1. The molecule has 6 nitrogen and oxygen atoms in total. The van der Waals surface area contributed by atoms with Crippen LogP contribution >= 0.6 is 0 Å². The van der Waals surface area contributed by atoms with Gasteiger partial charge in [0.1, 0.15) is 5.75 Å². The van der Waals surface area contributed by atoms with Gasteiger partial charge in [-0.25, -0.2) is 12.7 Å². The van der Waals surface area contributed by atoms with Crippen molar-refractivity contribution in [3.63, 3.8) is 0 Å². The van der Waals surface area contributed by atoms with E-state index in [0.29, 0.717) is 5.75 Å². The number of nitrogens with one attached hydrogen (secondary N) is 1. The highest BCUT2D eigenvalue weighted by Gasteiger charge is 2.20. The molecule has 0 unspecified atom stereocenters. The van der Waals surface area contributed by atoms with Crippen LogP contribution in [0.4, 0.5) is 0 Å². The third-order valence-electron chi connectivity index (χ3n) is 3.83. The number of nitrogens with zero attached hydrogens (tertiary/aromatic N) is 1. The van der Waals surface area contributed by atoms with Gasteiger partial charge < -0.3 is 10.1 Å². The molecule has 7 heteroatoms. The average Bonchev–Trinajstić information content (AvgIpc) is 2.61. The van der Waals surface area contributed by atoms with E-state index >= 15 is 0 Å². The van der Waals surface area contributed by atoms with Crippen LogP contribution in [0.3, 0.4) is 0 Å². The van der Waals surface area contributed by atoms with Crippen LogP contribution in [0.5, 0.6) is 5.75 Å². The fourth-order valence-corrected chi connectivity index (χ4v) is 3.34. The number of para-hydroxylation sites is 1. The normalized spacial score (nSPS) is 12.7. The Labute approximate surface area is 148 Å². The molecule has 1 N–H and O–H groups in total. The van der Waals surface area contributed by atoms with Crippen LogP contribution < -0.4 is 10.1 Å². The number of hydrogen-bond acceptors (Lipinski definition) is 4. The minimum Gasteiger partial charge on any atom is -0.496 e. The molecule has 2 rings (SSSR count). The topological polar surface area (TPSA) is 75.7 Å². The molecule has 0 saturated carbocycles. The number of methoxy groups -OCH3 is 1. The minimum atomic E-state index is -3.59. The molecule has 0 bridgehead atoms. The summed E-state index contributed by atoms with van der Waals surface area (Å²) >= 11 is 0. The number of amides is 1. The highest BCUT2D eigenvalue weighted by Crippen LogP contribution is 2.24. The van der Waals surface area contributed by atoms with Crippen molar-refractivity contribution in [1.82, 2.24) is 9.62 Å². The van der Waals surface area contributed by atoms with E-state index in [1.807, 2.05) is 31.2 Å². The molecular weight excluding hydrogens is 340 g/mol. The number of carbonyl (C=O) groups is 1. The zero-order chi connectivity index (χ0) is 18.6. The molecule has 0 fully saturated rings. The molecule has 134 valence electrons. The van der Waals surface area contributed by atoms with Gasteiger partial charge in [-0.05, 0) is 31.2 Å². The first-order chi connectivity index (χ1) is 11.8. The van der Waals surface area contributed by atoms with Crippen molar-refractivity contribution in [2.75, 3.05) is 21.2 Å². The lowest BCUT2D eigenvalue weighted by Gasteiger charge is -2.18. The fourth-order valence-electron chi connectivity index (χ4n) is 2.39. The van der Waals surface area contributed by atoms with E-state index in [-0.39, 0.29) is 22.4 Å². The Kier molecular flexibility index (Phi) is 5.81. The summed E-state index contributed by atoms with van der Waals surface area (Å²) in [5, 5.41) is 2.87. The average molecular weight is 362 g/mol. The van der Waals surface area contributed by atoms with Crippen LogP contribution in [0.25, 0.3) is 0 Å². The van der Waals surface area contributed by atoms with E-state index in [0.717, 1.165) is 9.87 Å². The Morgan fingerprint density at radius 1 is 1.12 bits per heavy atom. The summed E-state index contributed by atoms with van der Waals surface area (Å²) in [7, 11) is 0.882. The Morgan fingerprint density at radius 2 is 1.80 bits per heavy atom. The first-order valence-corrected chi connectivity index (χ1v) is 9.17. The van der Waals surface area contributed by atoms with Crippen molar-refractivity contribution in [2.24, 2.45) is 0 Å². The Balaban J connectivity index is 2.24. The number of carbonyl (C=O) groups excluding carboxylic acids is 1. The van der Waals surface area contributed by atoms with E-state index in [9.17, 15) is 13.2 Å². The Hall–Kier alpha value is -2.38. The third-order valence-corrected chi connectivity index (χ3v) is 5.64. The summed E-state index contributed by atoms with van der Waals surface area (Å²) in [6.45, 7) is 1.84. The Morgan fingerprint density at radius 3 is 2.44 bits per heavy atom. The minimum absolute atomic E-state index is 0.0788. The lowest BCUT2D eigenvalue weighted by molar-refractivity contribution is 0.0939. The summed E-state index contributed by atoms with van der Waals surface area (Å²) in [6.07, 6.45) is 0. The number of rotatable bonds is 6. The summed E-state index contributed by atoms with van der Waals surface area (Å²) in [5.41, 5.74) is 1.13. The van der Waals surface area contributed by atoms with Crippen LogP contribution in [-0.2, 0) is 10.0 Å². The van der Waals surface area contributed by atoms with E-state index < -0.39 is 10.0 Å². The summed E-state index contributed by atoms with van der Waals surface area (Å²) in [5.74, 6) is 0.327. The van der Waals surface area contributed by atoms with Crippen LogP contribution in [0.1, 0.15) is 28.9 Å². The summed E-state index contributed by atoms with van der Waals surface area (Å²) < 4.78 is 30.8. The number of ether oxygens (including phenoxy) is 1. The van der Waals surface area contributed by atoms with Crippen molar-refractivity contribution < 1.29 is 17.9 Å². The molecule has 1 atom stereocenters. The maximum atomic E-state index is 12.5. The highest BCUT2D eigenvalue weighted by molar-refractivity contribution is 7.89. The quantitative estimate of drug-likeness (QED) is 0.856. The van der Waals surface area contributed by atoms with E-state index in [1.54, 1.807) is 19.2 Å². The van der Waals surface area contributed by atoms with Crippen LogP contribution in [0.15, 0.2) is 53.4 Å². The molecule has 25 heavy (non-hydrogen) atoms. The third kappa shape index (κ3) is 4.18. The van der Waals surface area contributed by atoms with Crippen LogP contribution in [0.2, 0.25) is 0 Å². The van der Waals surface area contributed by atoms with Gasteiger partial charge in [-0.2, -0.15) is 0 Å². The first-order valence-electron chi connectivity index (χ1n) is 7.73. The van der Waals surface area contributed by atoms with Gasteiger partial charge in [0, 0.05) is 25.2 Å². The second-order valence-corrected chi connectivity index (χ2v) is 7.90. The monoisotopic (exact) mass is 362 g/mol. The number of hydrogen-bond donors (Lipinski definition) is 1. The lowest BCUT2D eigenvalue weighted by atomic mass is 10.1. The number of sulfonamides is 1. The maximum absolute atomic E-state index is 12.5. The fraction of sp³-hybridized carbons (Fsp3) is 0.278. The molecule has 0 heterocycles. The van der Waals surface area contributed by atoms with Crippen molar-refractivity contribution in [1.29, 1.82) is 0 Å². The molecule has 2 aromatic carbocycles.